The highest BCUT2D eigenvalue weighted by atomic mass is 16.5. The number of carbonyl (C=O) groups is 3. The van der Waals surface area contributed by atoms with Gasteiger partial charge in [0, 0.05) is 25.2 Å². The molecular formula is C23H34O4. The van der Waals surface area contributed by atoms with Crippen molar-refractivity contribution in [3.8, 4) is 0 Å². The topological polar surface area (TPSA) is 60.4 Å². The second kappa shape index (κ2) is 6.42. The monoisotopic (exact) mass is 374 g/mol. The van der Waals surface area contributed by atoms with E-state index in [0.29, 0.717) is 30.0 Å². The third-order valence-corrected chi connectivity index (χ3v) is 9.12. The molecule has 4 nitrogen and oxygen atoms in total. The van der Waals surface area contributed by atoms with Gasteiger partial charge in [0.2, 0.25) is 0 Å². The molecule has 4 heteroatoms. The molecule has 0 spiro atoms. The average Bonchev–Trinajstić information content (AvgIpc) is 2.91. The van der Waals surface area contributed by atoms with Crippen LogP contribution >= 0.6 is 0 Å². The van der Waals surface area contributed by atoms with Gasteiger partial charge in [-0.15, -0.1) is 0 Å². The van der Waals surface area contributed by atoms with E-state index < -0.39 is 0 Å². The predicted molar refractivity (Wildman–Crippen MR) is 102 cm³/mol. The molecule has 0 unspecified atom stereocenters. The zero-order valence-electron chi connectivity index (χ0n) is 17.3. The zero-order valence-corrected chi connectivity index (χ0v) is 17.3. The minimum atomic E-state index is -0.192. The SMILES string of the molecule is CC(=O)O[C@@H]1CC[C@@]2(C)[C@H](CC[C@H]3[C@@H]4CC[C@H](C(C)=O)[C@@]4(C)CC(=O)[C@@H]32)C1. The molecule has 4 fully saturated rings. The van der Waals surface area contributed by atoms with Crippen molar-refractivity contribution in [3.63, 3.8) is 0 Å². The van der Waals surface area contributed by atoms with Gasteiger partial charge in [-0.05, 0) is 80.5 Å². The van der Waals surface area contributed by atoms with Gasteiger partial charge in [0.25, 0.3) is 0 Å². The summed E-state index contributed by atoms with van der Waals surface area (Å²) in [6.07, 6.45) is 7.64. The van der Waals surface area contributed by atoms with E-state index in [1.165, 1.54) is 6.92 Å². The van der Waals surface area contributed by atoms with Crippen LogP contribution in [0.2, 0.25) is 0 Å². The molecule has 0 bridgehead atoms. The van der Waals surface area contributed by atoms with Gasteiger partial charge in [0.15, 0.2) is 0 Å². The number of hydrogen-bond acceptors (Lipinski definition) is 4. The van der Waals surface area contributed by atoms with Crippen molar-refractivity contribution >= 4 is 17.5 Å². The molecule has 0 aromatic carbocycles. The second-order valence-corrected chi connectivity index (χ2v) is 10.4. The molecule has 0 saturated heterocycles. The van der Waals surface area contributed by atoms with Gasteiger partial charge in [-0.1, -0.05) is 13.8 Å². The van der Waals surface area contributed by atoms with Crippen LogP contribution in [0.1, 0.15) is 79.1 Å². The Hall–Kier alpha value is -1.19. The van der Waals surface area contributed by atoms with E-state index >= 15 is 0 Å². The number of rotatable bonds is 2. The van der Waals surface area contributed by atoms with Crippen LogP contribution < -0.4 is 0 Å². The number of esters is 1. The Balaban J connectivity index is 1.60. The van der Waals surface area contributed by atoms with E-state index in [2.05, 4.69) is 13.8 Å². The number of carbonyl (C=O) groups excluding carboxylic acids is 3. The Labute approximate surface area is 162 Å². The van der Waals surface area contributed by atoms with E-state index in [1.54, 1.807) is 6.92 Å². The van der Waals surface area contributed by atoms with Crippen LogP contribution in [0.15, 0.2) is 0 Å². The fourth-order valence-corrected chi connectivity index (χ4v) is 8.04. The van der Waals surface area contributed by atoms with E-state index in [-0.39, 0.29) is 40.5 Å². The van der Waals surface area contributed by atoms with Crippen molar-refractivity contribution in [2.75, 3.05) is 0 Å². The molecule has 4 aliphatic rings. The lowest BCUT2D eigenvalue weighted by Gasteiger charge is -2.59. The van der Waals surface area contributed by atoms with Crippen LogP contribution in [0.5, 0.6) is 0 Å². The largest absolute Gasteiger partial charge is 0.463 e. The molecule has 0 radical (unpaired) electrons. The van der Waals surface area contributed by atoms with Gasteiger partial charge < -0.3 is 4.74 Å². The first-order valence-electron chi connectivity index (χ1n) is 10.9. The van der Waals surface area contributed by atoms with E-state index in [4.69, 9.17) is 4.74 Å². The minimum absolute atomic E-state index is 0.0228. The van der Waals surface area contributed by atoms with Crippen molar-refractivity contribution in [3.05, 3.63) is 0 Å². The Kier molecular flexibility index (Phi) is 4.55. The summed E-state index contributed by atoms with van der Waals surface area (Å²) < 4.78 is 5.51. The maximum Gasteiger partial charge on any atom is 0.302 e. The third kappa shape index (κ3) is 2.81. The van der Waals surface area contributed by atoms with Crippen molar-refractivity contribution in [2.24, 2.45) is 40.4 Å². The highest BCUT2D eigenvalue weighted by Crippen LogP contribution is 2.66. The number of ether oxygens (including phenoxy) is 1. The number of ketones is 2. The molecule has 0 aromatic rings. The molecule has 8 atom stereocenters. The molecular weight excluding hydrogens is 340 g/mol. The predicted octanol–water partition coefficient (Wildman–Crippen LogP) is 4.35. The van der Waals surface area contributed by atoms with Crippen molar-refractivity contribution < 1.29 is 19.1 Å². The fraction of sp³-hybridized carbons (Fsp3) is 0.870. The molecule has 4 aliphatic carbocycles. The molecule has 0 amide bonds. The first-order valence-corrected chi connectivity index (χ1v) is 10.9. The standard InChI is InChI=1S/C23H34O4/c1-13(24)18-7-8-19-17-6-5-15-11-16(27-14(2)25)9-10-22(15,3)21(17)20(26)12-23(18,19)4/h15-19,21H,5-12H2,1-4H3/t15-,16-,17+,18-,19+,21-,22+,23-/m1/s1. The second-order valence-electron chi connectivity index (χ2n) is 10.4. The lowest BCUT2D eigenvalue weighted by Crippen LogP contribution is -2.58. The highest BCUT2D eigenvalue weighted by molar-refractivity contribution is 5.87. The summed E-state index contributed by atoms with van der Waals surface area (Å²) in [6, 6.07) is 0. The molecule has 0 aromatic heterocycles. The van der Waals surface area contributed by atoms with E-state index in [1.807, 2.05) is 0 Å². The third-order valence-electron chi connectivity index (χ3n) is 9.12. The summed E-state index contributed by atoms with van der Waals surface area (Å²) >= 11 is 0. The normalized spacial score (nSPS) is 49.0. The first kappa shape index (κ1) is 19.1. The summed E-state index contributed by atoms with van der Waals surface area (Å²) in [7, 11) is 0. The van der Waals surface area contributed by atoms with Crippen LogP contribution in [0.4, 0.5) is 0 Å². The summed E-state index contributed by atoms with van der Waals surface area (Å²) in [5, 5.41) is 0. The van der Waals surface area contributed by atoms with E-state index in [0.717, 1.165) is 44.9 Å². The lowest BCUT2D eigenvalue weighted by atomic mass is 9.44. The van der Waals surface area contributed by atoms with Gasteiger partial charge in [0.1, 0.15) is 17.7 Å². The average molecular weight is 375 g/mol. The minimum Gasteiger partial charge on any atom is -0.463 e. The summed E-state index contributed by atoms with van der Waals surface area (Å²) in [6.45, 7) is 7.75. The number of hydrogen-bond donors (Lipinski definition) is 0. The maximum atomic E-state index is 13.5. The van der Waals surface area contributed by atoms with E-state index in [9.17, 15) is 14.4 Å². The molecule has 150 valence electrons. The Morgan fingerprint density at radius 2 is 1.74 bits per heavy atom. The fourth-order valence-electron chi connectivity index (χ4n) is 8.04. The van der Waals surface area contributed by atoms with Crippen LogP contribution in [0.25, 0.3) is 0 Å². The number of Topliss-reactive ketones (excluding diaryl/α,β-unsaturated/α-hetero) is 2. The lowest BCUT2D eigenvalue weighted by molar-refractivity contribution is -0.169. The molecule has 0 heterocycles. The highest BCUT2D eigenvalue weighted by Gasteiger charge is 2.63. The Bertz CT molecular complexity index is 669. The molecule has 4 rings (SSSR count). The van der Waals surface area contributed by atoms with Crippen molar-refractivity contribution in [1.82, 2.24) is 0 Å². The molecule has 27 heavy (non-hydrogen) atoms. The Morgan fingerprint density at radius 1 is 1.00 bits per heavy atom. The Morgan fingerprint density at radius 3 is 2.41 bits per heavy atom. The van der Waals surface area contributed by atoms with Crippen molar-refractivity contribution in [2.45, 2.75) is 85.2 Å². The quantitative estimate of drug-likeness (QED) is 0.675. The summed E-state index contributed by atoms with van der Waals surface area (Å²) in [5.74, 6) is 2.11. The summed E-state index contributed by atoms with van der Waals surface area (Å²) in [4.78, 5) is 37.1. The van der Waals surface area contributed by atoms with Crippen LogP contribution in [0.3, 0.4) is 0 Å². The first-order chi connectivity index (χ1) is 12.7. The van der Waals surface area contributed by atoms with Gasteiger partial charge in [0.05, 0.1) is 0 Å². The maximum absolute atomic E-state index is 13.5. The van der Waals surface area contributed by atoms with Gasteiger partial charge in [-0.2, -0.15) is 0 Å². The molecule has 4 saturated carbocycles. The number of fused-ring (bicyclic) bond motifs is 5. The summed E-state index contributed by atoms with van der Waals surface area (Å²) in [5.41, 5.74) is -0.0888. The van der Waals surface area contributed by atoms with Crippen molar-refractivity contribution in [1.29, 1.82) is 0 Å². The molecule has 0 aliphatic heterocycles. The van der Waals surface area contributed by atoms with Gasteiger partial charge in [-0.25, -0.2) is 0 Å². The molecule has 0 N–H and O–H groups in total. The zero-order chi connectivity index (χ0) is 19.6. The van der Waals surface area contributed by atoms with Gasteiger partial charge >= 0.3 is 5.97 Å². The van der Waals surface area contributed by atoms with Crippen LogP contribution in [-0.4, -0.2) is 23.6 Å². The van der Waals surface area contributed by atoms with Crippen LogP contribution in [-0.2, 0) is 19.1 Å². The van der Waals surface area contributed by atoms with Gasteiger partial charge in [-0.3, -0.25) is 14.4 Å². The van der Waals surface area contributed by atoms with Crippen LogP contribution in [0, 0.1) is 40.4 Å². The smallest absolute Gasteiger partial charge is 0.302 e.